The molecule has 7 heteroatoms. The highest BCUT2D eigenvalue weighted by Gasteiger charge is 2.40. The van der Waals surface area contributed by atoms with Crippen molar-refractivity contribution in [2.24, 2.45) is 11.8 Å². The summed E-state index contributed by atoms with van der Waals surface area (Å²) in [7, 11) is 0. The third kappa shape index (κ3) is 2.66. The third-order valence-electron chi connectivity index (χ3n) is 3.49. The van der Waals surface area contributed by atoms with Crippen molar-refractivity contribution in [1.82, 2.24) is 4.90 Å². The summed E-state index contributed by atoms with van der Waals surface area (Å²) in [6.45, 7) is 1.79. The highest BCUT2D eigenvalue weighted by molar-refractivity contribution is 5.92. The Morgan fingerprint density at radius 3 is 2.35 bits per heavy atom. The lowest BCUT2D eigenvalue weighted by Crippen LogP contribution is -2.48. The zero-order valence-corrected chi connectivity index (χ0v) is 10.9. The van der Waals surface area contributed by atoms with Gasteiger partial charge in [-0.15, -0.1) is 0 Å². The fourth-order valence-electron chi connectivity index (χ4n) is 2.39. The lowest BCUT2D eigenvalue weighted by atomic mass is 9.85. The Morgan fingerprint density at radius 2 is 1.85 bits per heavy atom. The average Bonchev–Trinajstić information content (AvgIpc) is 2.83. The third-order valence-corrected chi connectivity index (χ3v) is 3.49. The molecule has 0 spiro atoms. The van der Waals surface area contributed by atoms with Crippen LogP contribution in [-0.4, -0.2) is 46.0 Å². The first-order chi connectivity index (χ1) is 9.40. The van der Waals surface area contributed by atoms with Crippen LogP contribution in [0.4, 0.5) is 0 Å². The number of likely N-dealkylation sites (tertiary alicyclic amines) is 1. The molecule has 1 aromatic heterocycles. The predicted molar refractivity (Wildman–Crippen MR) is 66.2 cm³/mol. The average molecular weight is 281 g/mol. The van der Waals surface area contributed by atoms with E-state index in [1.165, 1.54) is 11.0 Å². The molecule has 108 valence electrons. The normalized spacial score (nSPS) is 22.6. The number of carbonyl (C=O) groups excluding carboxylic acids is 1. The molecule has 1 saturated heterocycles. The topological polar surface area (TPSA) is 108 Å². The number of piperidine rings is 1. The first-order valence-corrected chi connectivity index (χ1v) is 6.21. The van der Waals surface area contributed by atoms with Gasteiger partial charge >= 0.3 is 11.9 Å². The molecule has 0 saturated carbocycles. The van der Waals surface area contributed by atoms with E-state index in [4.69, 9.17) is 14.6 Å². The van der Waals surface area contributed by atoms with Crippen LogP contribution in [0.2, 0.25) is 0 Å². The molecule has 1 fully saturated rings. The van der Waals surface area contributed by atoms with Gasteiger partial charge in [0, 0.05) is 13.1 Å². The molecule has 2 unspecified atom stereocenters. The number of hydrogen-bond acceptors (Lipinski definition) is 4. The molecule has 2 atom stereocenters. The molecular weight excluding hydrogens is 266 g/mol. The Bertz CT molecular complexity index is 549. The maximum Gasteiger partial charge on any atom is 0.309 e. The van der Waals surface area contributed by atoms with E-state index in [2.05, 4.69) is 0 Å². The number of carboxylic acid groups (broad SMARTS) is 2. The van der Waals surface area contributed by atoms with Crippen LogP contribution in [0.25, 0.3) is 0 Å². The number of hydrogen-bond donors (Lipinski definition) is 2. The number of aryl methyl sites for hydroxylation is 1. The van der Waals surface area contributed by atoms with E-state index in [1.807, 2.05) is 0 Å². The first-order valence-electron chi connectivity index (χ1n) is 6.21. The summed E-state index contributed by atoms with van der Waals surface area (Å²) in [6, 6.07) is 3.17. The van der Waals surface area contributed by atoms with E-state index >= 15 is 0 Å². The molecule has 2 N–H and O–H groups in total. The minimum atomic E-state index is -1.20. The van der Waals surface area contributed by atoms with E-state index in [9.17, 15) is 14.4 Å². The van der Waals surface area contributed by atoms with Crippen LogP contribution in [0.15, 0.2) is 16.5 Å². The van der Waals surface area contributed by atoms with Gasteiger partial charge in [-0.2, -0.15) is 0 Å². The number of aliphatic carboxylic acids is 2. The Labute approximate surface area is 114 Å². The summed E-state index contributed by atoms with van der Waals surface area (Å²) in [5.41, 5.74) is 0. The van der Waals surface area contributed by atoms with Gasteiger partial charge in [-0.25, -0.2) is 0 Å². The zero-order chi connectivity index (χ0) is 14.9. The molecule has 2 rings (SSSR count). The van der Waals surface area contributed by atoms with Crippen molar-refractivity contribution in [2.75, 3.05) is 13.1 Å². The maximum absolute atomic E-state index is 12.1. The SMILES string of the molecule is Cc1ccc(C(=O)N2CCC(C(=O)O)C(C(=O)O)C2)o1. The van der Waals surface area contributed by atoms with Gasteiger partial charge in [0.05, 0.1) is 11.8 Å². The number of furan rings is 1. The van der Waals surface area contributed by atoms with Crippen LogP contribution >= 0.6 is 0 Å². The lowest BCUT2D eigenvalue weighted by molar-refractivity contribution is -0.156. The van der Waals surface area contributed by atoms with Crippen molar-refractivity contribution in [3.05, 3.63) is 23.7 Å². The van der Waals surface area contributed by atoms with Crippen LogP contribution in [0.3, 0.4) is 0 Å². The van der Waals surface area contributed by atoms with Crippen molar-refractivity contribution >= 4 is 17.8 Å². The van der Waals surface area contributed by atoms with E-state index < -0.39 is 29.7 Å². The van der Waals surface area contributed by atoms with E-state index in [0.717, 1.165) is 0 Å². The molecule has 0 aromatic carbocycles. The smallest absolute Gasteiger partial charge is 0.309 e. The highest BCUT2D eigenvalue weighted by Crippen LogP contribution is 2.25. The summed E-state index contributed by atoms with van der Waals surface area (Å²) >= 11 is 0. The van der Waals surface area contributed by atoms with Gasteiger partial charge in [0.15, 0.2) is 5.76 Å². The van der Waals surface area contributed by atoms with Crippen molar-refractivity contribution < 1.29 is 29.0 Å². The second kappa shape index (κ2) is 5.36. The minimum absolute atomic E-state index is 0.120. The number of carboxylic acids is 2. The summed E-state index contributed by atoms with van der Waals surface area (Å²) in [5.74, 6) is -4.09. The number of amides is 1. The van der Waals surface area contributed by atoms with Crippen LogP contribution in [-0.2, 0) is 9.59 Å². The Kier molecular flexibility index (Phi) is 3.78. The molecule has 7 nitrogen and oxygen atoms in total. The van der Waals surface area contributed by atoms with Gasteiger partial charge in [0.1, 0.15) is 5.76 Å². The summed E-state index contributed by atoms with van der Waals surface area (Å²) in [5, 5.41) is 18.1. The monoisotopic (exact) mass is 281 g/mol. The van der Waals surface area contributed by atoms with Gasteiger partial charge in [-0.3, -0.25) is 14.4 Å². The summed E-state index contributed by atoms with van der Waals surface area (Å²) < 4.78 is 5.21. The van der Waals surface area contributed by atoms with Crippen LogP contribution < -0.4 is 0 Å². The number of rotatable bonds is 3. The highest BCUT2D eigenvalue weighted by atomic mass is 16.4. The molecule has 0 radical (unpaired) electrons. The molecular formula is C13H15NO6. The van der Waals surface area contributed by atoms with Crippen molar-refractivity contribution in [3.8, 4) is 0 Å². The van der Waals surface area contributed by atoms with Gasteiger partial charge in [0.2, 0.25) is 0 Å². The van der Waals surface area contributed by atoms with Crippen LogP contribution in [0, 0.1) is 18.8 Å². The molecule has 2 heterocycles. The standard InChI is InChI=1S/C13H15NO6/c1-7-2-3-10(20-7)11(15)14-5-4-8(12(16)17)9(6-14)13(18)19/h2-3,8-9H,4-6H2,1H3,(H,16,17)(H,18,19). The van der Waals surface area contributed by atoms with Gasteiger partial charge in [-0.1, -0.05) is 0 Å². The molecule has 1 aromatic rings. The second-order valence-electron chi connectivity index (χ2n) is 4.84. The second-order valence-corrected chi connectivity index (χ2v) is 4.84. The Hall–Kier alpha value is -2.31. The molecule has 20 heavy (non-hydrogen) atoms. The van der Waals surface area contributed by atoms with Crippen molar-refractivity contribution in [2.45, 2.75) is 13.3 Å². The summed E-state index contributed by atoms with van der Waals surface area (Å²) in [4.78, 5) is 35.7. The number of carbonyl (C=O) groups is 3. The van der Waals surface area contributed by atoms with E-state index in [-0.39, 0.29) is 25.3 Å². The predicted octanol–water partition coefficient (Wildman–Crippen LogP) is 0.836. The number of nitrogens with zero attached hydrogens (tertiary/aromatic N) is 1. The Morgan fingerprint density at radius 1 is 1.20 bits per heavy atom. The molecule has 1 amide bonds. The largest absolute Gasteiger partial charge is 0.481 e. The fourth-order valence-corrected chi connectivity index (χ4v) is 2.39. The van der Waals surface area contributed by atoms with Gasteiger partial charge in [0.25, 0.3) is 5.91 Å². The maximum atomic E-state index is 12.1. The lowest BCUT2D eigenvalue weighted by Gasteiger charge is -2.34. The first kappa shape index (κ1) is 14.1. The van der Waals surface area contributed by atoms with Crippen LogP contribution in [0.5, 0.6) is 0 Å². The van der Waals surface area contributed by atoms with Gasteiger partial charge < -0.3 is 19.5 Å². The zero-order valence-electron chi connectivity index (χ0n) is 10.9. The molecule has 1 aliphatic heterocycles. The Balaban J connectivity index is 2.14. The minimum Gasteiger partial charge on any atom is -0.481 e. The fraction of sp³-hybridized carbons (Fsp3) is 0.462. The molecule has 1 aliphatic rings. The summed E-state index contributed by atoms with van der Waals surface area (Å²) in [6.07, 6.45) is 0.123. The van der Waals surface area contributed by atoms with Crippen molar-refractivity contribution in [3.63, 3.8) is 0 Å². The van der Waals surface area contributed by atoms with Crippen molar-refractivity contribution in [1.29, 1.82) is 0 Å². The molecule has 0 aliphatic carbocycles. The van der Waals surface area contributed by atoms with E-state index in [1.54, 1.807) is 13.0 Å². The van der Waals surface area contributed by atoms with Crippen LogP contribution in [0.1, 0.15) is 22.7 Å². The van der Waals surface area contributed by atoms with Gasteiger partial charge in [-0.05, 0) is 25.5 Å². The quantitative estimate of drug-likeness (QED) is 0.849. The van der Waals surface area contributed by atoms with E-state index in [0.29, 0.717) is 5.76 Å². The molecule has 0 bridgehead atoms.